The Labute approximate surface area is 87.2 Å². The van der Waals surface area contributed by atoms with Gasteiger partial charge in [-0.1, -0.05) is 29.8 Å². The van der Waals surface area contributed by atoms with Crippen molar-refractivity contribution in [2.75, 3.05) is 0 Å². The highest BCUT2D eigenvalue weighted by Crippen LogP contribution is 2.12. The minimum Gasteiger partial charge on any atom is -0.278 e. The number of benzene rings is 1. The average Bonchev–Trinajstić information content (AvgIpc) is 2.67. The molecule has 0 saturated carbocycles. The predicted molar refractivity (Wildman–Crippen MR) is 59.0 cm³/mol. The van der Waals surface area contributed by atoms with Gasteiger partial charge in [0.1, 0.15) is 0 Å². The summed E-state index contributed by atoms with van der Waals surface area (Å²) in [6, 6.07) is 9.60. The SMILES string of the molecule is Clc1cccc(C=Cc2ccn[nH]2)c1. The Hall–Kier alpha value is -1.54. The monoisotopic (exact) mass is 204 g/mol. The summed E-state index contributed by atoms with van der Waals surface area (Å²) >= 11 is 5.85. The Morgan fingerprint density at radius 3 is 2.86 bits per heavy atom. The molecule has 0 saturated heterocycles. The lowest BCUT2D eigenvalue weighted by atomic mass is 10.2. The first-order chi connectivity index (χ1) is 6.84. The van der Waals surface area contributed by atoms with Crippen molar-refractivity contribution in [2.24, 2.45) is 0 Å². The first-order valence-corrected chi connectivity index (χ1v) is 4.65. The number of hydrogen-bond donors (Lipinski definition) is 1. The Bertz CT molecular complexity index is 432. The minimum atomic E-state index is 0.747. The number of hydrogen-bond acceptors (Lipinski definition) is 1. The number of aromatic amines is 1. The summed E-state index contributed by atoms with van der Waals surface area (Å²) < 4.78 is 0. The molecule has 1 heterocycles. The molecule has 2 aromatic rings. The van der Waals surface area contributed by atoms with Gasteiger partial charge in [0.05, 0.1) is 5.69 Å². The van der Waals surface area contributed by atoms with Gasteiger partial charge >= 0.3 is 0 Å². The van der Waals surface area contributed by atoms with Gasteiger partial charge in [0.2, 0.25) is 0 Å². The normalized spacial score (nSPS) is 10.9. The number of rotatable bonds is 2. The molecule has 0 radical (unpaired) electrons. The quantitative estimate of drug-likeness (QED) is 0.800. The van der Waals surface area contributed by atoms with Crippen molar-refractivity contribution in [3.05, 3.63) is 52.8 Å². The van der Waals surface area contributed by atoms with Crippen molar-refractivity contribution in [3.8, 4) is 0 Å². The fraction of sp³-hybridized carbons (Fsp3) is 0. The van der Waals surface area contributed by atoms with Crippen molar-refractivity contribution in [1.82, 2.24) is 10.2 Å². The van der Waals surface area contributed by atoms with Crippen molar-refractivity contribution in [2.45, 2.75) is 0 Å². The van der Waals surface area contributed by atoms with E-state index in [0.717, 1.165) is 16.3 Å². The molecule has 0 aliphatic heterocycles. The molecule has 0 fully saturated rings. The van der Waals surface area contributed by atoms with Crippen LogP contribution >= 0.6 is 11.6 Å². The van der Waals surface area contributed by atoms with E-state index >= 15 is 0 Å². The van der Waals surface area contributed by atoms with Gasteiger partial charge in [0, 0.05) is 11.2 Å². The van der Waals surface area contributed by atoms with E-state index in [1.54, 1.807) is 6.20 Å². The molecule has 0 aliphatic rings. The Morgan fingerprint density at radius 2 is 2.14 bits per heavy atom. The maximum atomic E-state index is 5.85. The summed E-state index contributed by atoms with van der Waals surface area (Å²) in [6.07, 6.45) is 5.66. The Balaban J connectivity index is 2.18. The number of H-pyrrole nitrogens is 1. The summed E-state index contributed by atoms with van der Waals surface area (Å²) in [6.45, 7) is 0. The molecule has 0 unspecified atom stereocenters. The third-order valence-electron chi connectivity index (χ3n) is 1.83. The lowest BCUT2D eigenvalue weighted by Crippen LogP contribution is -1.73. The van der Waals surface area contributed by atoms with Crippen LogP contribution in [0.15, 0.2) is 36.5 Å². The van der Waals surface area contributed by atoms with Crippen LogP contribution in [0.2, 0.25) is 5.02 Å². The largest absolute Gasteiger partial charge is 0.278 e. The molecular formula is C11H9ClN2. The second kappa shape index (κ2) is 4.11. The number of aromatic nitrogens is 2. The fourth-order valence-electron chi connectivity index (χ4n) is 1.16. The third kappa shape index (κ3) is 2.24. The van der Waals surface area contributed by atoms with Crippen LogP contribution in [-0.4, -0.2) is 10.2 Å². The van der Waals surface area contributed by atoms with E-state index in [0.29, 0.717) is 0 Å². The lowest BCUT2D eigenvalue weighted by molar-refractivity contribution is 1.08. The highest BCUT2D eigenvalue weighted by Gasteiger charge is 1.89. The molecular weight excluding hydrogens is 196 g/mol. The van der Waals surface area contributed by atoms with Crippen LogP contribution < -0.4 is 0 Å². The molecule has 2 rings (SSSR count). The molecule has 2 nitrogen and oxygen atoms in total. The van der Waals surface area contributed by atoms with Gasteiger partial charge in [-0.05, 0) is 29.8 Å². The van der Waals surface area contributed by atoms with E-state index in [-0.39, 0.29) is 0 Å². The minimum absolute atomic E-state index is 0.747. The maximum Gasteiger partial charge on any atom is 0.0577 e. The smallest absolute Gasteiger partial charge is 0.0577 e. The average molecular weight is 205 g/mol. The van der Waals surface area contributed by atoms with E-state index < -0.39 is 0 Å². The first kappa shape index (κ1) is 9.03. The van der Waals surface area contributed by atoms with Crippen molar-refractivity contribution in [1.29, 1.82) is 0 Å². The van der Waals surface area contributed by atoms with Crippen LogP contribution in [0.3, 0.4) is 0 Å². The van der Waals surface area contributed by atoms with Crippen molar-refractivity contribution >= 4 is 23.8 Å². The number of nitrogens with one attached hydrogen (secondary N) is 1. The van der Waals surface area contributed by atoms with Gasteiger partial charge in [-0.25, -0.2) is 0 Å². The fourth-order valence-corrected chi connectivity index (χ4v) is 1.35. The van der Waals surface area contributed by atoms with E-state index in [4.69, 9.17) is 11.6 Å². The standard InChI is InChI=1S/C11H9ClN2/c12-10-3-1-2-9(8-10)4-5-11-6-7-13-14-11/h1-8H,(H,13,14). The third-order valence-corrected chi connectivity index (χ3v) is 2.06. The zero-order chi connectivity index (χ0) is 9.80. The molecule has 0 spiro atoms. The van der Waals surface area contributed by atoms with Crippen molar-refractivity contribution < 1.29 is 0 Å². The molecule has 0 aliphatic carbocycles. The number of halogens is 1. The Morgan fingerprint density at radius 1 is 1.21 bits per heavy atom. The number of nitrogens with zero attached hydrogens (tertiary/aromatic N) is 1. The van der Waals surface area contributed by atoms with Gasteiger partial charge in [0.25, 0.3) is 0 Å². The van der Waals surface area contributed by atoms with Crippen LogP contribution in [0.5, 0.6) is 0 Å². The molecule has 0 atom stereocenters. The maximum absolute atomic E-state index is 5.85. The highest BCUT2D eigenvalue weighted by atomic mass is 35.5. The summed E-state index contributed by atoms with van der Waals surface area (Å²) in [7, 11) is 0. The summed E-state index contributed by atoms with van der Waals surface area (Å²) in [5.74, 6) is 0. The van der Waals surface area contributed by atoms with Gasteiger partial charge in [0.15, 0.2) is 0 Å². The van der Waals surface area contributed by atoms with Crippen LogP contribution in [0, 0.1) is 0 Å². The van der Waals surface area contributed by atoms with E-state index in [1.807, 2.05) is 42.5 Å². The van der Waals surface area contributed by atoms with E-state index in [2.05, 4.69) is 10.2 Å². The zero-order valence-electron chi connectivity index (χ0n) is 7.44. The van der Waals surface area contributed by atoms with Crippen LogP contribution in [0.1, 0.15) is 11.3 Å². The highest BCUT2D eigenvalue weighted by molar-refractivity contribution is 6.30. The Kier molecular flexibility index (Phi) is 2.65. The van der Waals surface area contributed by atoms with Crippen molar-refractivity contribution in [3.63, 3.8) is 0 Å². The summed E-state index contributed by atoms with van der Waals surface area (Å²) in [5.41, 5.74) is 2.05. The van der Waals surface area contributed by atoms with Crippen LogP contribution in [0.4, 0.5) is 0 Å². The molecule has 3 heteroatoms. The molecule has 0 amide bonds. The van der Waals surface area contributed by atoms with Gasteiger partial charge in [-0.15, -0.1) is 0 Å². The topological polar surface area (TPSA) is 28.7 Å². The van der Waals surface area contributed by atoms with Gasteiger partial charge in [-0.2, -0.15) is 5.10 Å². The van der Waals surface area contributed by atoms with E-state index in [9.17, 15) is 0 Å². The molecule has 1 aromatic heterocycles. The molecule has 14 heavy (non-hydrogen) atoms. The summed E-state index contributed by atoms with van der Waals surface area (Å²) in [4.78, 5) is 0. The molecule has 1 aromatic carbocycles. The molecule has 0 bridgehead atoms. The predicted octanol–water partition coefficient (Wildman–Crippen LogP) is 3.23. The first-order valence-electron chi connectivity index (χ1n) is 4.27. The second-order valence-corrected chi connectivity index (χ2v) is 3.34. The van der Waals surface area contributed by atoms with E-state index in [1.165, 1.54) is 0 Å². The molecule has 70 valence electrons. The second-order valence-electron chi connectivity index (χ2n) is 2.90. The lowest BCUT2D eigenvalue weighted by Gasteiger charge is -1.93. The molecule has 1 N–H and O–H groups in total. The summed E-state index contributed by atoms with van der Waals surface area (Å²) in [5, 5.41) is 7.45. The van der Waals surface area contributed by atoms with Crippen LogP contribution in [-0.2, 0) is 0 Å². The van der Waals surface area contributed by atoms with Gasteiger partial charge in [-0.3, -0.25) is 5.10 Å². The van der Waals surface area contributed by atoms with Crippen LogP contribution in [0.25, 0.3) is 12.2 Å². The van der Waals surface area contributed by atoms with Gasteiger partial charge < -0.3 is 0 Å². The zero-order valence-corrected chi connectivity index (χ0v) is 8.20.